The Hall–Kier alpha value is -3.06. The van der Waals surface area contributed by atoms with E-state index in [0.29, 0.717) is 30.1 Å². The summed E-state index contributed by atoms with van der Waals surface area (Å²) in [4.78, 5) is 30.7. The number of nitrogens with zero attached hydrogens (tertiary/aromatic N) is 4. The normalized spacial score (nSPS) is 23.7. The highest BCUT2D eigenvalue weighted by Crippen LogP contribution is 2.40. The van der Waals surface area contributed by atoms with E-state index in [1.807, 2.05) is 25.2 Å². The van der Waals surface area contributed by atoms with Crippen LogP contribution < -0.4 is 0 Å². The van der Waals surface area contributed by atoms with Crippen LogP contribution in [0.1, 0.15) is 35.2 Å². The molecule has 2 fully saturated rings. The van der Waals surface area contributed by atoms with Gasteiger partial charge in [-0.1, -0.05) is 47.6 Å². The molecule has 4 atom stereocenters. The van der Waals surface area contributed by atoms with Crippen LogP contribution in [0, 0.1) is 5.92 Å². The van der Waals surface area contributed by atoms with Gasteiger partial charge in [0.2, 0.25) is 0 Å². The second kappa shape index (κ2) is 11.2. The van der Waals surface area contributed by atoms with Crippen molar-refractivity contribution >= 4 is 30.0 Å². The van der Waals surface area contributed by atoms with Gasteiger partial charge in [0.1, 0.15) is 12.0 Å². The Kier molecular flexibility index (Phi) is 8.33. The van der Waals surface area contributed by atoms with E-state index >= 15 is 0 Å². The summed E-state index contributed by atoms with van der Waals surface area (Å²) in [5.74, 6) is -1.23. The molecule has 0 amide bonds. The molecule has 2 aromatic rings. The quantitative estimate of drug-likeness (QED) is 0.249. The van der Waals surface area contributed by atoms with E-state index in [1.54, 1.807) is 36.4 Å². The minimum absolute atomic E-state index is 0. The Labute approximate surface area is 198 Å². The number of azide groups is 1. The third-order valence-corrected chi connectivity index (χ3v) is 6.49. The fourth-order valence-corrected chi connectivity index (χ4v) is 4.78. The Bertz CT molecular complexity index is 1010. The fourth-order valence-electron chi connectivity index (χ4n) is 4.78. The summed E-state index contributed by atoms with van der Waals surface area (Å²) in [7, 11) is 2.03. The van der Waals surface area contributed by atoms with Crippen LogP contribution >= 0.6 is 12.4 Å². The molecule has 2 unspecified atom stereocenters. The Balaban J connectivity index is 0.00000306. The largest absolute Gasteiger partial charge is 0.465 e. The number of esters is 2. The zero-order valence-electron chi connectivity index (χ0n) is 18.4. The third kappa shape index (κ3) is 5.66. The molecule has 0 aliphatic carbocycles. The van der Waals surface area contributed by atoms with Crippen molar-refractivity contribution < 1.29 is 19.1 Å². The molecule has 8 nitrogen and oxygen atoms in total. The van der Waals surface area contributed by atoms with E-state index in [1.165, 1.54) is 0 Å². The number of rotatable bonds is 7. The van der Waals surface area contributed by atoms with E-state index in [9.17, 15) is 9.59 Å². The van der Waals surface area contributed by atoms with Gasteiger partial charge in [0.05, 0.1) is 12.2 Å². The molecule has 2 saturated heterocycles. The summed E-state index contributed by atoms with van der Waals surface area (Å²) in [6, 6.07) is 16.3. The molecule has 33 heavy (non-hydrogen) atoms. The third-order valence-electron chi connectivity index (χ3n) is 6.49. The van der Waals surface area contributed by atoms with Gasteiger partial charge in [0, 0.05) is 35.5 Å². The molecule has 2 aliphatic heterocycles. The first-order valence-electron chi connectivity index (χ1n) is 10.9. The molecule has 2 heterocycles. The highest BCUT2D eigenvalue weighted by molar-refractivity contribution is 5.89. The number of hydrogen-bond acceptors (Lipinski definition) is 6. The molecule has 2 bridgehead atoms. The molecule has 9 heteroatoms. The second-order valence-electron chi connectivity index (χ2n) is 8.31. The van der Waals surface area contributed by atoms with E-state index in [0.717, 1.165) is 18.4 Å². The van der Waals surface area contributed by atoms with Crippen LogP contribution in [0.4, 0.5) is 5.69 Å². The molecule has 0 radical (unpaired) electrons. The Morgan fingerprint density at radius 2 is 1.85 bits per heavy atom. The number of carbonyl (C=O) groups excluding carboxylic acids is 2. The molecule has 0 aromatic heterocycles. The second-order valence-corrected chi connectivity index (χ2v) is 8.31. The zero-order chi connectivity index (χ0) is 22.5. The average Bonchev–Trinajstić information content (AvgIpc) is 3.04. The summed E-state index contributed by atoms with van der Waals surface area (Å²) in [6.45, 7) is 0.232. The summed E-state index contributed by atoms with van der Waals surface area (Å²) < 4.78 is 11.5. The van der Waals surface area contributed by atoms with E-state index in [4.69, 9.17) is 15.0 Å². The van der Waals surface area contributed by atoms with Gasteiger partial charge in [-0.2, -0.15) is 0 Å². The zero-order valence-corrected chi connectivity index (χ0v) is 19.2. The maximum Gasteiger partial charge on any atom is 0.338 e. The van der Waals surface area contributed by atoms with Crippen molar-refractivity contribution in [2.45, 2.75) is 43.9 Å². The van der Waals surface area contributed by atoms with Crippen LogP contribution in [0.15, 0.2) is 59.7 Å². The van der Waals surface area contributed by atoms with Crippen LogP contribution in [0.3, 0.4) is 0 Å². The predicted octanol–water partition coefficient (Wildman–Crippen LogP) is 4.84. The average molecular weight is 471 g/mol. The maximum absolute atomic E-state index is 13.1. The SMILES string of the molecule is CN1C2CC[C@@H]1C[C@H](OC(=O)c1ccccc1)C2C(=O)OCCc1ccc(N=[N+]=[N-])cc1.Cl. The molecule has 4 rings (SSSR count). The van der Waals surface area contributed by atoms with Crippen LogP contribution in [-0.4, -0.2) is 48.7 Å². The lowest BCUT2D eigenvalue weighted by atomic mass is 9.87. The lowest BCUT2D eigenvalue weighted by Gasteiger charge is -2.40. The predicted molar refractivity (Wildman–Crippen MR) is 125 cm³/mol. The number of ether oxygens (including phenoxy) is 2. The van der Waals surface area contributed by atoms with Crippen molar-refractivity contribution in [1.82, 2.24) is 4.90 Å². The molecule has 2 aromatic carbocycles. The number of carbonyl (C=O) groups is 2. The van der Waals surface area contributed by atoms with Gasteiger partial charge in [0.15, 0.2) is 0 Å². The lowest BCUT2D eigenvalue weighted by Crippen LogP contribution is -2.53. The van der Waals surface area contributed by atoms with Crippen molar-refractivity contribution in [2.75, 3.05) is 13.7 Å². The molecule has 2 aliphatic rings. The van der Waals surface area contributed by atoms with Crippen LogP contribution in [-0.2, 0) is 20.7 Å². The number of hydrogen-bond donors (Lipinski definition) is 0. The van der Waals surface area contributed by atoms with Crippen molar-refractivity contribution in [2.24, 2.45) is 11.0 Å². The van der Waals surface area contributed by atoms with Crippen molar-refractivity contribution in [3.05, 3.63) is 76.2 Å². The summed E-state index contributed by atoms with van der Waals surface area (Å²) in [6.07, 6.45) is 2.56. The highest BCUT2D eigenvalue weighted by Gasteiger charge is 2.51. The summed E-state index contributed by atoms with van der Waals surface area (Å²) >= 11 is 0. The molecule has 0 spiro atoms. The van der Waals surface area contributed by atoms with Crippen molar-refractivity contribution in [3.8, 4) is 0 Å². The molecule has 0 saturated carbocycles. The summed E-state index contributed by atoms with van der Waals surface area (Å²) in [5, 5.41) is 3.55. The number of piperidine rings is 1. The number of benzene rings is 2. The smallest absolute Gasteiger partial charge is 0.338 e. The van der Waals surface area contributed by atoms with Gasteiger partial charge < -0.3 is 9.47 Å². The minimum Gasteiger partial charge on any atom is -0.465 e. The van der Waals surface area contributed by atoms with Gasteiger partial charge in [-0.15, -0.1) is 12.4 Å². The minimum atomic E-state index is -0.501. The molecular formula is C24H27ClN4O4. The van der Waals surface area contributed by atoms with Crippen LogP contribution in [0.25, 0.3) is 10.4 Å². The standard InChI is InChI=1S/C24H26N4O4.ClH/c1-28-19-11-12-20(28)22(21(15-19)32-23(29)17-5-3-2-4-6-17)24(30)31-14-13-16-7-9-18(10-8-16)26-27-25;/h2-10,19-22H,11-15H2,1H3;1H/t19-,20?,21+,22?;/m1./s1. The van der Waals surface area contributed by atoms with Gasteiger partial charge in [0.25, 0.3) is 0 Å². The first kappa shape index (κ1) is 24.6. The van der Waals surface area contributed by atoms with E-state index < -0.39 is 18.0 Å². The Morgan fingerprint density at radius 1 is 1.12 bits per heavy atom. The van der Waals surface area contributed by atoms with Gasteiger partial charge in [-0.3, -0.25) is 9.69 Å². The first-order chi connectivity index (χ1) is 15.6. The van der Waals surface area contributed by atoms with E-state index in [2.05, 4.69) is 14.9 Å². The molecular weight excluding hydrogens is 444 g/mol. The maximum atomic E-state index is 13.1. The molecule has 174 valence electrons. The Morgan fingerprint density at radius 3 is 2.55 bits per heavy atom. The van der Waals surface area contributed by atoms with Crippen molar-refractivity contribution in [3.63, 3.8) is 0 Å². The topological polar surface area (TPSA) is 105 Å². The lowest BCUT2D eigenvalue weighted by molar-refractivity contribution is -0.159. The monoisotopic (exact) mass is 470 g/mol. The highest BCUT2D eigenvalue weighted by atomic mass is 35.5. The van der Waals surface area contributed by atoms with Gasteiger partial charge >= 0.3 is 11.9 Å². The van der Waals surface area contributed by atoms with Gasteiger partial charge in [-0.25, -0.2) is 4.79 Å². The fraction of sp³-hybridized carbons (Fsp3) is 0.417. The van der Waals surface area contributed by atoms with E-state index in [-0.39, 0.29) is 31.0 Å². The molecule has 0 N–H and O–H groups in total. The van der Waals surface area contributed by atoms with Crippen molar-refractivity contribution in [1.29, 1.82) is 0 Å². The van der Waals surface area contributed by atoms with Crippen LogP contribution in [0.2, 0.25) is 0 Å². The first-order valence-corrected chi connectivity index (χ1v) is 10.9. The summed E-state index contributed by atoms with van der Waals surface area (Å²) in [5.41, 5.74) is 10.5. The number of fused-ring (bicyclic) bond motifs is 2. The van der Waals surface area contributed by atoms with Gasteiger partial charge in [-0.05, 0) is 43.1 Å². The number of halogens is 1. The van der Waals surface area contributed by atoms with Crippen LogP contribution in [0.5, 0.6) is 0 Å².